The maximum absolute atomic E-state index is 9.77. The summed E-state index contributed by atoms with van der Waals surface area (Å²) in [6.45, 7) is 5.45. The van der Waals surface area contributed by atoms with E-state index in [1.54, 1.807) is 0 Å². The van der Waals surface area contributed by atoms with Crippen LogP contribution in [0.4, 0.5) is 0 Å². The number of hydrogen-bond acceptors (Lipinski definition) is 8. The van der Waals surface area contributed by atoms with Gasteiger partial charge in [0.1, 0.15) is 9.75 Å². The molecule has 2 heterocycles. The fraction of sp³-hybridized carbons (Fsp3) is 0.636. The molecule has 2 aromatic rings. The van der Waals surface area contributed by atoms with Gasteiger partial charge in [-0.3, -0.25) is 9.98 Å². The van der Waals surface area contributed by atoms with Gasteiger partial charge in [0.25, 0.3) is 0 Å². The Kier molecular flexibility index (Phi) is 12.4. The molecule has 2 aromatic heterocycles. The summed E-state index contributed by atoms with van der Waals surface area (Å²) in [5.41, 5.74) is 1.71. The molecule has 2 rings (SSSR count). The molecule has 0 bridgehead atoms. The van der Waals surface area contributed by atoms with E-state index in [0.29, 0.717) is 7.91 Å². The van der Waals surface area contributed by atoms with Crippen molar-refractivity contribution in [2.75, 3.05) is 13.1 Å². The van der Waals surface area contributed by atoms with Gasteiger partial charge in [0.05, 0.1) is 11.4 Å². The Bertz CT molecular complexity index is 920. The second kappa shape index (κ2) is 14.7. The molecule has 178 valence electrons. The van der Waals surface area contributed by atoms with E-state index in [2.05, 4.69) is 20.0 Å². The molecule has 0 atom stereocenters. The van der Waals surface area contributed by atoms with Crippen LogP contribution in [0.15, 0.2) is 9.98 Å². The first-order valence-electron chi connectivity index (χ1n) is 11.3. The number of H-pyrrole nitrogens is 2. The second-order valence-electron chi connectivity index (χ2n) is 7.85. The lowest BCUT2D eigenvalue weighted by atomic mass is 10.1. The molecule has 0 fully saturated rings. The van der Waals surface area contributed by atoms with E-state index >= 15 is 0 Å². The normalized spacial score (nSPS) is 12.6. The van der Waals surface area contributed by atoms with Crippen molar-refractivity contribution < 1.29 is 10.2 Å². The summed E-state index contributed by atoms with van der Waals surface area (Å²) < 4.78 is 1.16. The fourth-order valence-electron chi connectivity index (χ4n) is 3.41. The first-order chi connectivity index (χ1) is 15.4. The highest BCUT2D eigenvalue weighted by molar-refractivity contribution is 7.73. The molecule has 0 aliphatic carbocycles. The highest BCUT2D eigenvalue weighted by Gasteiger charge is 2.08. The van der Waals surface area contributed by atoms with Gasteiger partial charge in [-0.1, -0.05) is 74.0 Å². The zero-order valence-corrected chi connectivity index (χ0v) is 22.2. The van der Waals surface area contributed by atoms with E-state index < -0.39 is 0 Å². The molecule has 0 aliphatic heterocycles. The monoisotopic (exact) mass is 514 g/mol. The van der Waals surface area contributed by atoms with Gasteiger partial charge in [0, 0.05) is 13.1 Å². The Morgan fingerprint density at radius 3 is 1.25 bits per heavy atom. The minimum atomic E-state index is 0.132. The summed E-state index contributed by atoms with van der Waals surface area (Å²) >= 11 is 12.8. The average molecular weight is 515 g/mol. The van der Waals surface area contributed by atoms with Crippen LogP contribution in [0, 0.1) is 7.91 Å². The van der Waals surface area contributed by atoms with E-state index in [1.165, 1.54) is 74.0 Å². The summed E-state index contributed by atoms with van der Waals surface area (Å²) in [6, 6.07) is 0. The lowest BCUT2D eigenvalue weighted by molar-refractivity contribution is 0.455. The average Bonchev–Trinajstić information content (AvgIpc) is 3.27. The van der Waals surface area contributed by atoms with Gasteiger partial charge in [-0.05, 0) is 51.1 Å². The Balaban J connectivity index is 1.42. The number of aromatic hydroxyl groups is 2. The lowest BCUT2D eigenvalue weighted by Gasteiger charge is -2.03. The Hall–Kier alpha value is -1.36. The zero-order valence-electron chi connectivity index (χ0n) is 18.9. The van der Waals surface area contributed by atoms with Crippen LogP contribution in [0.25, 0.3) is 0 Å². The van der Waals surface area contributed by atoms with E-state index in [9.17, 15) is 10.2 Å². The molecule has 10 heteroatoms. The minimum absolute atomic E-state index is 0.132. The number of aromatic amines is 2. The predicted molar refractivity (Wildman–Crippen MR) is 143 cm³/mol. The number of nitrogens with zero attached hydrogens (tertiary/aromatic N) is 2. The van der Waals surface area contributed by atoms with Crippen LogP contribution >= 0.6 is 47.1 Å². The maximum Gasteiger partial charge on any atom is 0.209 e. The number of thiazole rings is 2. The van der Waals surface area contributed by atoms with Crippen molar-refractivity contribution in [3.63, 3.8) is 0 Å². The van der Waals surface area contributed by atoms with Gasteiger partial charge in [-0.2, -0.15) is 0 Å². The van der Waals surface area contributed by atoms with Crippen LogP contribution in [-0.4, -0.2) is 44.7 Å². The molecule has 0 aromatic carbocycles. The van der Waals surface area contributed by atoms with Crippen molar-refractivity contribution in [3.05, 3.63) is 17.7 Å². The van der Waals surface area contributed by atoms with Crippen molar-refractivity contribution in [2.45, 2.75) is 78.1 Å². The Morgan fingerprint density at radius 1 is 0.656 bits per heavy atom. The SMILES string of the molecule is CC(=NCCCCCCCCCCCCN=C(C)c1sc(=S)[nH]c1O)c1sc(=S)[nH]c1O. The first kappa shape index (κ1) is 26.9. The maximum atomic E-state index is 9.77. The van der Waals surface area contributed by atoms with E-state index in [4.69, 9.17) is 24.4 Å². The van der Waals surface area contributed by atoms with Crippen molar-refractivity contribution in [1.29, 1.82) is 0 Å². The highest BCUT2D eigenvalue weighted by atomic mass is 32.2. The van der Waals surface area contributed by atoms with Crippen LogP contribution in [0.3, 0.4) is 0 Å². The molecule has 0 aliphatic rings. The number of unbranched alkanes of at least 4 members (excludes halogenated alkanes) is 9. The summed E-state index contributed by atoms with van der Waals surface area (Å²) in [4.78, 5) is 16.1. The summed E-state index contributed by atoms with van der Waals surface area (Å²) in [5.74, 6) is 0.265. The molecule has 32 heavy (non-hydrogen) atoms. The van der Waals surface area contributed by atoms with Crippen molar-refractivity contribution in [2.24, 2.45) is 9.98 Å². The van der Waals surface area contributed by atoms with Gasteiger partial charge in [0.15, 0.2) is 7.91 Å². The topological polar surface area (TPSA) is 96.8 Å². The lowest BCUT2D eigenvalue weighted by Crippen LogP contribution is -1.94. The quantitative estimate of drug-likeness (QED) is 0.112. The summed E-state index contributed by atoms with van der Waals surface area (Å²) in [7, 11) is 0. The molecule has 4 N–H and O–H groups in total. The Labute approximate surface area is 208 Å². The van der Waals surface area contributed by atoms with E-state index in [0.717, 1.165) is 47.1 Å². The van der Waals surface area contributed by atoms with Crippen LogP contribution < -0.4 is 0 Å². The molecule has 0 unspecified atom stereocenters. The van der Waals surface area contributed by atoms with Crippen LogP contribution in [-0.2, 0) is 0 Å². The Morgan fingerprint density at radius 2 is 0.969 bits per heavy atom. The number of aliphatic imine (C=N–C) groups is 2. The number of rotatable bonds is 15. The molecule has 6 nitrogen and oxygen atoms in total. The molecule has 0 spiro atoms. The van der Waals surface area contributed by atoms with Gasteiger partial charge in [0.2, 0.25) is 11.8 Å². The molecule has 0 radical (unpaired) electrons. The van der Waals surface area contributed by atoms with Gasteiger partial charge in [-0.25, -0.2) is 0 Å². The zero-order chi connectivity index (χ0) is 23.3. The van der Waals surface area contributed by atoms with Crippen molar-refractivity contribution >= 4 is 58.5 Å². The third-order valence-corrected chi connectivity index (χ3v) is 7.85. The molecular weight excluding hydrogens is 481 g/mol. The van der Waals surface area contributed by atoms with Crippen LogP contribution in [0.2, 0.25) is 0 Å². The van der Waals surface area contributed by atoms with Crippen molar-refractivity contribution in [1.82, 2.24) is 9.97 Å². The third kappa shape index (κ3) is 9.64. The predicted octanol–water partition coefficient (Wildman–Crippen LogP) is 7.56. The molecule has 0 amide bonds. The third-order valence-electron chi connectivity index (χ3n) is 5.18. The molecule has 0 saturated heterocycles. The summed E-state index contributed by atoms with van der Waals surface area (Å²) in [6.07, 6.45) is 12.3. The standard InChI is InChI=1S/C22H34N4O2S4/c1-15(17-19(27)25-21(29)31-17)23-13-11-9-7-5-3-4-6-8-10-12-14-24-16(2)18-20(28)26-22(30)32-18/h27-28H,3-14H2,1-2H3,(H,25,29)(H,26,30). The number of nitrogens with one attached hydrogen (secondary N) is 2. The van der Waals surface area contributed by atoms with Crippen molar-refractivity contribution in [3.8, 4) is 11.8 Å². The first-order valence-corrected chi connectivity index (χ1v) is 13.7. The van der Waals surface area contributed by atoms with Gasteiger partial charge in [-0.15, -0.1) is 0 Å². The van der Waals surface area contributed by atoms with Gasteiger partial charge >= 0.3 is 0 Å². The van der Waals surface area contributed by atoms with E-state index in [1.807, 2.05) is 13.8 Å². The molecular formula is C22H34N4O2S4. The molecule has 0 saturated carbocycles. The minimum Gasteiger partial charge on any atom is -0.493 e. The fourth-order valence-corrected chi connectivity index (χ4v) is 5.48. The number of hydrogen-bond donors (Lipinski definition) is 4. The van der Waals surface area contributed by atoms with E-state index in [-0.39, 0.29) is 11.8 Å². The van der Waals surface area contributed by atoms with Gasteiger partial charge < -0.3 is 20.2 Å². The summed E-state index contributed by atoms with van der Waals surface area (Å²) in [5, 5.41) is 19.5. The smallest absolute Gasteiger partial charge is 0.209 e. The van der Waals surface area contributed by atoms with Crippen LogP contribution in [0.1, 0.15) is 87.8 Å². The second-order valence-corrected chi connectivity index (χ2v) is 11.2. The number of aromatic nitrogens is 2. The largest absolute Gasteiger partial charge is 0.493 e. The highest BCUT2D eigenvalue weighted by Crippen LogP contribution is 2.23. The van der Waals surface area contributed by atoms with Crippen LogP contribution in [0.5, 0.6) is 11.8 Å².